The minimum Gasteiger partial charge on any atom is -0.478 e. The second-order valence-electron chi connectivity index (χ2n) is 9.52. The molecule has 2 N–H and O–H groups in total. The van der Waals surface area contributed by atoms with Crippen LogP contribution in [-0.2, 0) is 14.9 Å². The summed E-state index contributed by atoms with van der Waals surface area (Å²) in [6.07, 6.45) is 9.25. The zero-order valence-corrected chi connectivity index (χ0v) is 19.8. The van der Waals surface area contributed by atoms with Gasteiger partial charge in [-0.25, -0.2) is 9.78 Å². The number of carbonyl (C=O) groups is 2. The highest BCUT2D eigenvalue weighted by Crippen LogP contribution is 2.36. The van der Waals surface area contributed by atoms with Crippen molar-refractivity contribution in [2.75, 3.05) is 19.8 Å². The third-order valence-corrected chi connectivity index (χ3v) is 7.27. The third kappa shape index (κ3) is 5.58. The summed E-state index contributed by atoms with van der Waals surface area (Å²) in [7, 11) is 0. The van der Waals surface area contributed by atoms with Crippen LogP contribution in [0.2, 0.25) is 0 Å². The summed E-state index contributed by atoms with van der Waals surface area (Å²) >= 11 is 0. The molecule has 1 saturated carbocycles. The van der Waals surface area contributed by atoms with Crippen LogP contribution in [0.3, 0.4) is 0 Å². The first-order chi connectivity index (χ1) is 16.5. The lowest BCUT2D eigenvalue weighted by atomic mass is 9.73. The number of hydrogen-bond acceptors (Lipinski definition) is 5. The molecule has 2 fully saturated rings. The second-order valence-corrected chi connectivity index (χ2v) is 9.52. The number of pyridine rings is 1. The van der Waals surface area contributed by atoms with E-state index >= 15 is 0 Å². The number of amides is 1. The standard InChI is InChI=1S/C27H34N2O5/c1-19(21-7-9-22(10-8-21)25(30)31)29-26(32)27(13-15-33-16-14-27)23-11-12-24(28-17-23)34-18-20-5-3-2-4-6-20/h7-12,17,19-20H,2-6,13-16,18H2,1H3,(H,29,32)(H,30,31). The average molecular weight is 467 g/mol. The molecule has 0 spiro atoms. The first kappa shape index (κ1) is 24.2. The van der Waals surface area contributed by atoms with Crippen LogP contribution < -0.4 is 10.1 Å². The van der Waals surface area contributed by atoms with Crippen LogP contribution in [0.1, 0.15) is 79.4 Å². The molecule has 1 atom stereocenters. The summed E-state index contributed by atoms with van der Waals surface area (Å²) in [4.78, 5) is 29.2. The van der Waals surface area contributed by atoms with Crippen molar-refractivity contribution in [3.8, 4) is 5.88 Å². The maximum atomic E-state index is 13.6. The van der Waals surface area contributed by atoms with Gasteiger partial charge < -0.3 is 19.9 Å². The molecule has 1 aromatic carbocycles. The van der Waals surface area contributed by atoms with Crippen LogP contribution in [0.5, 0.6) is 5.88 Å². The number of carboxylic acid groups (broad SMARTS) is 1. The zero-order chi connectivity index (χ0) is 24.0. The van der Waals surface area contributed by atoms with E-state index in [9.17, 15) is 9.59 Å². The average Bonchev–Trinajstić information content (AvgIpc) is 2.88. The lowest BCUT2D eigenvalue weighted by Crippen LogP contribution is -2.48. The fourth-order valence-corrected chi connectivity index (χ4v) is 5.00. The fourth-order valence-electron chi connectivity index (χ4n) is 5.00. The summed E-state index contributed by atoms with van der Waals surface area (Å²) < 4.78 is 11.5. The van der Waals surface area contributed by atoms with Crippen molar-refractivity contribution in [3.63, 3.8) is 0 Å². The second kappa shape index (κ2) is 11.0. The molecule has 4 rings (SSSR count). The van der Waals surface area contributed by atoms with Gasteiger partial charge in [0.25, 0.3) is 0 Å². The van der Waals surface area contributed by atoms with Gasteiger partial charge in [0.05, 0.1) is 23.6 Å². The number of benzene rings is 1. The monoisotopic (exact) mass is 466 g/mol. The number of ether oxygens (including phenoxy) is 2. The van der Waals surface area contributed by atoms with Crippen LogP contribution in [0.15, 0.2) is 42.6 Å². The van der Waals surface area contributed by atoms with E-state index in [1.807, 2.05) is 19.1 Å². The number of carbonyl (C=O) groups excluding carboxylic acids is 1. The maximum Gasteiger partial charge on any atom is 0.335 e. The first-order valence-electron chi connectivity index (χ1n) is 12.3. The molecule has 34 heavy (non-hydrogen) atoms. The Morgan fingerprint density at radius 3 is 2.44 bits per heavy atom. The molecule has 1 aliphatic heterocycles. The van der Waals surface area contributed by atoms with Crippen molar-refractivity contribution in [2.24, 2.45) is 5.92 Å². The lowest BCUT2D eigenvalue weighted by Gasteiger charge is -2.37. The maximum absolute atomic E-state index is 13.6. The zero-order valence-electron chi connectivity index (χ0n) is 19.8. The van der Waals surface area contributed by atoms with E-state index in [2.05, 4.69) is 10.3 Å². The van der Waals surface area contributed by atoms with E-state index < -0.39 is 11.4 Å². The fraction of sp³-hybridized carbons (Fsp3) is 0.519. The highest BCUT2D eigenvalue weighted by atomic mass is 16.5. The van der Waals surface area contributed by atoms with Gasteiger partial charge in [0.1, 0.15) is 0 Å². The molecular formula is C27H34N2O5. The molecule has 2 heterocycles. The van der Waals surface area contributed by atoms with E-state index in [1.165, 1.54) is 32.1 Å². The van der Waals surface area contributed by atoms with E-state index in [0.29, 0.717) is 44.5 Å². The summed E-state index contributed by atoms with van der Waals surface area (Å²) in [5, 5.41) is 12.2. The van der Waals surface area contributed by atoms with Gasteiger partial charge in [-0.3, -0.25) is 4.79 Å². The molecule has 0 radical (unpaired) electrons. The van der Waals surface area contributed by atoms with Crippen molar-refractivity contribution in [1.29, 1.82) is 0 Å². The SMILES string of the molecule is CC(NC(=O)C1(c2ccc(OCC3CCCCC3)nc2)CCOCC1)c1ccc(C(=O)O)cc1. The van der Waals surface area contributed by atoms with Gasteiger partial charge in [-0.15, -0.1) is 0 Å². The van der Waals surface area contributed by atoms with Crippen LogP contribution in [0, 0.1) is 5.92 Å². The Bertz CT molecular complexity index is 962. The molecular weight excluding hydrogens is 432 g/mol. The van der Waals surface area contributed by atoms with Gasteiger partial charge in [-0.05, 0) is 61.8 Å². The van der Waals surface area contributed by atoms with Gasteiger partial charge >= 0.3 is 5.97 Å². The lowest BCUT2D eigenvalue weighted by molar-refractivity contribution is -0.131. The Balaban J connectivity index is 1.45. The van der Waals surface area contributed by atoms with Gasteiger partial charge in [-0.2, -0.15) is 0 Å². The topological polar surface area (TPSA) is 97.8 Å². The molecule has 7 nitrogen and oxygen atoms in total. The molecule has 2 aromatic rings. The molecule has 1 amide bonds. The molecule has 1 saturated heterocycles. The van der Waals surface area contributed by atoms with Crippen molar-refractivity contribution < 1.29 is 24.2 Å². The van der Waals surface area contributed by atoms with Crippen molar-refractivity contribution in [1.82, 2.24) is 10.3 Å². The third-order valence-electron chi connectivity index (χ3n) is 7.27. The molecule has 7 heteroatoms. The van der Waals surface area contributed by atoms with Crippen molar-refractivity contribution in [2.45, 2.75) is 63.3 Å². The van der Waals surface area contributed by atoms with E-state index in [0.717, 1.165) is 11.1 Å². The summed E-state index contributed by atoms with van der Waals surface area (Å²) in [5.41, 5.74) is 1.22. The van der Waals surface area contributed by atoms with Crippen LogP contribution in [0.25, 0.3) is 0 Å². The molecule has 182 valence electrons. The number of carboxylic acids is 1. The Morgan fingerprint density at radius 2 is 1.82 bits per heavy atom. The molecule has 2 aliphatic rings. The molecule has 1 unspecified atom stereocenters. The Morgan fingerprint density at radius 1 is 1.12 bits per heavy atom. The molecule has 1 aliphatic carbocycles. The predicted molar refractivity (Wildman–Crippen MR) is 128 cm³/mol. The number of nitrogens with one attached hydrogen (secondary N) is 1. The van der Waals surface area contributed by atoms with Crippen LogP contribution >= 0.6 is 0 Å². The highest BCUT2D eigenvalue weighted by Gasteiger charge is 2.42. The number of rotatable bonds is 8. The highest BCUT2D eigenvalue weighted by molar-refractivity contribution is 5.89. The molecule has 1 aromatic heterocycles. The van der Waals surface area contributed by atoms with Gasteiger partial charge in [0, 0.05) is 25.5 Å². The van der Waals surface area contributed by atoms with Gasteiger partial charge in [-0.1, -0.05) is 37.5 Å². The van der Waals surface area contributed by atoms with Gasteiger partial charge in [0.2, 0.25) is 11.8 Å². The number of aromatic carboxylic acids is 1. The molecule has 0 bridgehead atoms. The normalized spacial score (nSPS) is 19.2. The number of aromatic nitrogens is 1. The minimum atomic E-state index is -0.969. The summed E-state index contributed by atoms with van der Waals surface area (Å²) in [5.74, 6) is 0.170. The minimum absolute atomic E-state index is 0.0664. The summed E-state index contributed by atoms with van der Waals surface area (Å²) in [6, 6.07) is 10.2. The van der Waals surface area contributed by atoms with Crippen LogP contribution in [-0.4, -0.2) is 41.8 Å². The van der Waals surface area contributed by atoms with Gasteiger partial charge in [0.15, 0.2) is 0 Å². The Labute approximate surface area is 200 Å². The smallest absolute Gasteiger partial charge is 0.335 e. The predicted octanol–water partition coefficient (Wildman–Crippen LogP) is 4.66. The van der Waals surface area contributed by atoms with E-state index in [4.69, 9.17) is 14.6 Å². The van der Waals surface area contributed by atoms with E-state index in [1.54, 1.807) is 30.5 Å². The Hall–Kier alpha value is -2.93. The quantitative estimate of drug-likeness (QED) is 0.587. The van der Waals surface area contributed by atoms with Crippen molar-refractivity contribution >= 4 is 11.9 Å². The number of nitrogens with zero attached hydrogens (tertiary/aromatic N) is 1. The Kier molecular flexibility index (Phi) is 7.83. The van der Waals surface area contributed by atoms with E-state index in [-0.39, 0.29) is 17.5 Å². The largest absolute Gasteiger partial charge is 0.478 e. The summed E-state index contributed by atoms with van der Waals surface area (Å²) in [6.45, 7) is 3.62. The van der Waals surface area contributed by atoms with Crippen LogP contribution in [0.4, 0.5) is 0 Å². The van der Waals surface area contributed by atoms with Crippen molar-refractivity contribution in [3.05, 3.63) is 59.3 Å². The first-order valence-corrected chi connectivity index (χ1v) is 12.3. The number of hydrogen-bond donors (Lipinski definition) is 2.